The van der Waals surface area contributed by atoms with Gasteiger partial charge in [0, 0.05) is 44.0 Å². The summed E-state index contributed by atoms with van der Waals surface area (Å²) in [4.78, 5) is 21.5. The zero-order chi connectivity index (χ0) is 21.8. The number of piperazine rings is 1. The predicted octanol–water partition coefficient (Wildman–Crippen LogP) is 4.38. The van der Waals surface area contributed by atoms with Gasteiger partial charge in [-0.25, -0.2) is 4.98 Å². The molecule has 0 spiro atoms. The van der Waals surface area contributed by atoms with Crippen LogP contribution in [-0.4, -0.2) is 48.5 Å². The summed E-state index contributed by atoms with van der Waals surface area (Å²) in [6, 6.07) is 11.2. The highest BCUT2D eigenvalue weighted by atomic mass is 16.1. The minimum Gasteiger partial charge on any atom is -0.369 e. The molecular formula is C27H36N4O. The molecule has 32 heavy (non-hydrogen) atoms. The lowest BCUT2D eigenvalue weighted by molar-refractivity contribution is -0.116. The van der Waals surface area contributed by atoms with Crippen molar-refractivity contribution in [1.82, 2.24) is 9.88 Å². The van der Waals surface area contributed by atoms with Crippen molar-refractivity contribution in [3.63, 3.8) is 0 Å². The highest BCUT2D eigenvalue weighted by Crippen LogP contribution is 2.31. The number of benzene rings is 1. The third kappa shape index (κ3) is 4.98. The number of hydrogen-bond donors (Lipinski definition) is 1. The molecule has 3 heterocycles. The van der Waals surface area contributed by atoms with E-state index in [1.165, 1.54) is 69.4 Å². The zero-order valence-electron chi connectivity index (χ0n) is 19.2. The molecule has 5 rings (SSSR count). The summed E-state index contributed by atoms with van der Waals surface area (Å²) in [5.74, 6) is 0.880. The molecule has 1 fully saturated rings. The minimum atomic E-state index is 0.0920. The van der Waals surface area contributed by atoms with Crippen LogP contribution >= 0.6 is 0 Å². The van der Waals surface area contributed by atoms with Gasteiger partial charge in [-0.3, -0.25) is 9.69 Å². The molecule has 3 aliphatic rings. The standard InChI is InChI=1S/C27H36N4O/c32-26-15-13-22-12-14-23(28-27(22)29-26)9-2-1-5-16-30-17-19-31(20-18-30)25-11-6-8-21-7-3-4-10-24(21)25/h6,8,11-12,14H,1-5,7,9-10,13,15-20H2,(H,28,29,32). The van der Waals surface area contributed by atoms with Crippen molar-refractivity contribution in [2.45, 2.75) is 64.2 Å². The Bertz CT molecular complexity index is 949. The first-order valence-electron chi connectivity index (χ1n) is 12.6. The number of amides is 1. The van der Waals surface area contributed by atoms with Crippen molar-refractivity contribution in [3.8, 4) is 0 Å². The number of aryl methyl sites for hydroxylation is 3. The molecule has 0 atom stereocenters. The smallest absolute Gasteiger partial charge is 0.225 e. The molecule has 5 nitrogen and oxygen atoms in total. The molecule has 1 saturated heterocycles. The molecule has 1 N–H and O–H groups in total. The van der Waals surface area contributed by atoms with E-state index < -0.39 is 0 Å². The van der Waals surface area contributed by atoms with Crippen LogP contribution in [0.5, 0.6) is 0 Å². The fraction of sp³-hybridized carbons (Fsp3) is 0.556. The first-order valence-corrected chi connectivity index (χ1v) is 12.6. The summed E-state index contributed by atoms with van der Waals surface area (Å²) >= 11 is 0. The Balaban J connectivity index is 1.03. The minimum absolute atomic E-state index is 0.0920. The van der Waals surface area contributed by atoms with Gasteiger partial charge < -0.3 is 10.2 Å². The molecule has 0 unspecified atom stereocenters. The number of pyridine rings is 1. The van der Waals surface area contributed by atoms with Crippen LogP contribution in [-0.2, 0) is 30.5 Å². The van der Waals surface area contributed by atoms with Crippen molar-refractivity contribution in [2.24, 2.45) is 0 Å². The van der Waals surface area contributed by atoms with Crippen LogP contribution in [0.4, 0.5) is 11.5 Å². The van der Waals surface area contributed by atoms with Crippen molar-refractivity contribution in [1.29, 1.82) is 0 Å². The summed E-state index contributed by atoms with van der Waals surface area (Å²) in [5, 5.41) is 2.92. The van der Waals surface area contributed by atoms with Gasteiger partial charge in [-0.2, -0.15) is 0 Å². The van der Waals surface area contributed by atoms with Gasteiger partial charge in [0.15, 0.2) is 0 Å². The van der Waals surface area contributed by atoms with Crippen LogP contribution in [0.2, 0.25) is 0 Å². The lowest BCUT2D eigenvalue weighted by atomic mass is 9.90. The van der Waals surface area contributed by atoms with Gasteiger partial charge in [0.2, 0.25) is 5.91 Å². The van der Waals surface area contributed by atoms with E-state index in [0.717, 1.165) is 43.9 Å². The van der Waals surface area contributed by atoms with E-state index in [0.29, 0.717) is 6.42 Å². The highest BCUT2D eigenvalue weighted by Gasteiger charge is 2.21. The molecular weight excluding hydrogens is 396 g/mol. The summed E-state index contributed by atoms with van der Waals surface area (Å²) in [6.45, 7) is 5.86. The Kier molecular flexibility index (Phi) is 6.72. The van der Waals surface area contributed by atoms with E-state index in [4.69, 9.17) is 0 Å². The number of aromatic nitrogens is 1. The molecule has 0 radical (unpaired) electrons. The van der Waals surface area contributed by atoms with E-state index >= 15 is 0 Å². The largest absolute Gasteiger partial charge is 0.369 e. The van der Waals surface area contributed by atoms with Crippen molar-refractivity contribution < 1.29 is 4.79 Å². The first kappa shape index (κ1) is 21.4. The summed E-state index contributed by atoms with van der Waals surface area (Å²) < 4.78 is 0. The number of nitrogens with one attached hydrogen (secondary N) is 1. The second-order valence-corrected chi connectivity index (χ2v) is 9.62. The van der Waals surface area contributed by atoms with Gasteiger partial charge in [-0.15, -0.1) is 0 Å². The van der Waals surface area contributed by atoms with Gasteiger partial charge >= 0.3 is 0 Å². The van der Waals surface area contributed by atoms with Gasteiger partial charge in [-0.1, -0.05) is 24.6 Å². The molecule has 1 aliphatic carbocycles. The second-order valence-electron chi connectivity index (χ2n) is 9.62. The maximum absolute atomic E-state index is 11.6. The average Bonchev–Trinajstić information content (AvgIpc) is 2.83. The van der Waals surface area contributed by atoms with E-state index in [2.05, 4.69) is 50.4 Å². The van der Waals surface area contributed by atoms with Crippen LogP contribution in [0.25, 0.3) is 0 Å². The maximum atomic E-state index is 11.6. The number of anilines is 2. The van der Waals surface area contributed by atoms with Crippen molar-refractivity contribution >= 4 is 17.4 Å². The molecule has 0 bridgehead atoms. The van der Waals surface area contributed by atoms with E-state index in [-0.39, 0.29) is 5.91 Å². The Hall–Kier alpha value is -2.40. The molecule has 170 valence electrons. The Morgan fingerprint density at radius 2 is 1.72 bits per heavy atom. The molecule has 1 amide bonds. The topological polar surface area (TPSA) is 48.5 Å². The number of hydrogen-bond acceptors (Lipinski definition) is 4. The molecule has 5 heteroatoms. The van der Waals surface area contributed by atoms with Crippen molar-refractivity contribution in [3.05, 3.63) is 52.7 Å². The van der Waals surface area contributed by atoms with Crippen LogP contribution in [0.15, 0.2) is 30.3 Å². The number of rotatable bonds is 7. The highest BCUT2D eigenvalue weighted by molar-refractivity contribution is 5.92. The average molecular weight is 433 g/mol. The lowest BCUT2D eigenvalue weighted by Gasteiger charge is -2.38. The molecule has 2 aromatic rings. The number of carbonyl (C=O) groups is 1. The number of fused-ring (bicyclic) bond motifs is 2. The SMILES string of the molecule is O=C1CCc2ccc(CCCCCN3CCN(c4cccc5c4CCCC5)CC3)nc2N1. The number of unbranched alkanes of at least 4 members (excludes halogenated alkanes) is 2. The van der Waals surface area contributed by atoms with Crippen LogP contribution in [0.1, 0.15) is 60.9 Å². The predicted molar refractivity (Wildman–Crippen MR) is 130 cm³/mol. The third-order valence-corrected chi connectivity index (χ3v) is 7.41. The maximum Gasteiger partial charge on any atom is 0.225 e. The molecule has 2 aliphatic heterocycles. The number of carbonyl (C=O) groups excluding carboxylic acids is 1. The fourth-order valence-corrected chi connectivity index (χ4v) is 5.51. The fourth-order valence-electron chi connectivity index (χ4n) is 5.51. The van der Waals surface area contributed by atoms with Crippen LogP contribution in [0.3, 0.4) is 0 Å². The van der Waals surface area contributed by atoms with Gasteiger partial charge in [0.1, 0.15) is 5.82 Å². The number of nitrogens with zero attached hydrogens (tertiary/aromatic N) is 3. The molecule has 1 aromatic heterocycles. The van der Waals surface area contributed by atoms with Crippen molar-refractivity contribution in [2.75, 3.05) is 42.9 Å². The Morgan fingerprint density at radius 3 is 2.62 bits per heavy atom. The Morgan fingerprint density at radius 1 is 0.844 bits per heavy atom. The third-order valence-electron chi connectivity index (χ3n) is 7.41. The zero-order valence-corrected chi connectivity index (χ0v) is 19.2. The monoisotopic (exact) mass is 432 g/mol. The van der Waals surface area contributed by atoms with E-state index in [1.807, 2.05) is 0 Å². The van der Waals surface area contributed by atoms with Gasteiger partial charge in [0.05, 0.1) is 0 Å². The molecule has 1 aromatic carbocycles. The van der Waals surface area contributed by atoms with Gasteiger partial charge in [0.25, 0.3) is 0 Å². The van der Waals surface area contributed by atoms with E-state index in [1.54, 1.807) is 11.1 Å². The van der Waals surface area contributed by atoms with E-state index in [9.17, 15) is 4.79 Å². The summed E-state index contributed by atoms with van der Waals surface area (Å²) in [6.07, 6.45) is 11.3. The van der Waals surface area contributed by atoms with Gasteiger partial charge in [-0.05, 0) is 86.7 Å². The van der Waals surface area contributed by atoms with Crippen LogP contribution < -0.4 is 10.2 Å². The summed E-state index contributed by atoms with van der Waals surface area (Å²) in [7, 11) is 0. The lowest BCUT2D eigenvalue weighted by Crippen LogP contribution is -2.47. The summed E-state index contributed by atoms with van der Waals surface area (Å²) in [5.41, 5.74) is 7.00. The quantitative estimate of drug-likeness (QED) is 0.660. The molecule has 0 saturated carbocycles. The normalized spacial score (nSPS) is 18.8. The van der Waals surface area contributed by atoms with Crippen LogP contribution in [0, 0.1) is 0 Å². The Labute approximate surface area is 192 Å². The second kappa shape index (κ2) is 10.0. The first-order chi connectivity index (χ1) is 15.8.